The Hall–Kier alpha value is -0.660. The largest absolute Gasteiger partial charge is 0.481 e. The van der Waals surface area contributed by atoms with Crippen molar-refractivity contribution < 1.29 is 23.1 Å². The molecular formula is C10H19NO5S. The monoisotopic (exact) mass is 265 g/mol. The molecule has 0 saturated carbocycles. The molecule has 0 radical (unpaired) electrons. The molecule has 7 heteroatoms. The fourth-order valence-electron chi connectivity index (χ4n) is 1.83. The minimum Gasteiger partial charge on any atom is -0.481 e. The predicted molar refractivity (Wildman–Crippen MR) is 62.2 cm³/mol. The van der Waals surface area contributed by atoms with Crippen molar-refractivity contribution >= 4 is 16.0 Å². The molecule has 1 N–H and O–H groups in total. The van der Waals surface area contributed by atoms with Crippen molar-refractivity contribution in [2.45, 2.75) is 19.8 Å². The molecule has 1 aliphatic heterocycles. The molecule has 0 amide bonds. The Kier molecular flexibility index (Phi) is 5.35. The zero-order valence-corrected chi connectivity index (χ0v) is 10.8. The third-order valence-electron chi connectivity index (χ3n) is 2.82. The van der Waals surface area contributed by atoms with Crippen LogP contribution in [0.15, 0.2) is 0 Å². The summed E-state index contributed by atoms with van der Waals surface area (Å²) in [5.41, 5.74) is 0. The molecule has 0 spiro atoms. The van der Waals surface area contributed by atoms with E-state index in [2.05, 4.69) is 0 Å². The predicted octanol–water partition coefficient (Wildman–Crippen LogP) is 0.149. The number of hydrogen-bond acceptors (Lipinski definition) is 4. The van der Waals surface area contributed by atoms with Gasteiger partial charge in [-0.25, -0.2) is 12.7 Å². The topological polar surface area (TPSA) is 83.9 Å². The van der Waals surface area contributed by atoms with Gasteiger partial charge in [0, 0.05) is 19.7 Å². The van der Waals surface area contributed by atoms with Crippen LogP contribution in [0.4, 0.5) is 0 Å². The molecule has 0 aromatic heterocycles. The van der Waals surface area contributed by atoms with Gasteiger partial charge < -0.3 is 9.84 Å². The number of carboxylic acid groups (broad SMARTS) is 1. The van der Waals surface area contributed by atoms with Crippen LogP contribution in [0.25, 0.3) is 0 Å². The molecule has 1 heterocycles. The Bertz CT molecular complexity index is 354. The second-order valence-corrected chi connectivity index (χ2v) is 6.14. The van der Waals surface area contributed by atoms with Crippen molar-refractivity contribution in [2.75, 3.05) is 32.1 Å². The summed E-state index contributed by atoms with van der Waals surface area (Å²) in [7, 11) is -3.38. The standard InChI is InChI=1S/C10H19NO5S/c1-2-16-6-7-17(14,15)11-5-3-4-9(8-11)10(12)13/h9H,2-8H2,1H3,(H,12,13)/t9-/m0/s1. The maximum atomic E-state index is 11.9. The minimum atomic E-state index is -3.38. The highest BCUT2D eigenvalue weighted by atomic mass is 32.2. The molecule has 0 aromatic carbocycles. The van der Waals surface area contributed by atoms with Crippen LogP contribution in [-0.4, -0.2) is 55.9 Å². The van der Waals surface area contributed by atoms with Gasteiger partial charge in [0.25, 0.3) is 0 Å². The number of sulfonamides is 1. The first-order valence-corrected chi connectivity index (χ1v) is 7.36. The summed E-state index contributed by atoms with van der Waals surface area (Å²) in [4.78, 5) is 10.8. The summed E-state index contributed by atoms with van der Waals surface area (Å²) in [5.74, 6) is -1.58. The van der Waals surface area contributed by atoms with Crippen LogP contribution in [0, 0.1) is 5.92 Å². The molecule has 1 aliphatic rings. The molecule has 0 bridgehead atoms. The van der Waals surface area contributed by atoms with E-state index in [1.54, 1.807) is 6.92 Å². The summed E-state index contributed by atoms with van der Waals surface area (Å²) in [5, 5.41) is 8.89. The van der Waals surface area contributed by atoms with Crippen molar-refractivity contribution in [2.24, 2.45) is 5.92 Å². The van der Waals surface area contributed by atoms with E-state index < -0.39 is 21.9 Å². The van der Waals surface area contributed by atoms with Gasteiger partial charge in [-0.15, -0.1) is 0 Å². The lowest BCUT2D eigenvalue weighted by atomic mass is 10.0. The molecule has 1 atom stereocenters. The number of carboxylic acids is 1. The highest BCUT2D eigenvalue weighted by Crippen LogP contribution is 2.19. The second-order valence-electron chi connectivity index (χ2n) is 4.05. The van der Waals surface area contributed by atoms with Crippen LogP contribution < -0.4 is 0 Å². The molecule has 0 aliphatic carbocycles. The van der Waals surface area contributed by atoms with Gasteiger partial charge in [-0.2, -0.15) is 0 Å². The fourth-order valence-corrected chi connectivity index (χ4v) is 3.24. The van der Waals surface area contributed by atoms with Gasteiger partial charge in [0.15, 0.2) is 0 Å². The lowest BCUT2D eigenvalue weighted by Crippen LogP contribution is -2.43. The Morgan fingerprint density at radius 2 is 2.24 bits per heavy atom. The van der Waals surface area contributed by atoms with Crippen LogP contribution in [0.3, 0.4) is 0 Å². The molecule has 0 aromatic rings. The van der Waals surface area contributed by atoms with Crippen molar-refractivity contribution in [3.8, 4) is 0 Å². The summed E-state index contributed by atoms with van der Waals surface area (Å²) >= 11 is 0. The Morgan fingerprint density at radius 1 is 1.53 bits per heavy atom. The zero-order valence-electron chi connectivity index (χ0n) is 9.96. The van der Waals surface area contributed by atoms with E-state index in [-0.39, 0.29) is 18.9 Å². The van der Waals surface area contributed by atoms with Crippen LogP contribution >= 0.6 is 0 Å². The van der Waals surface area contributed by atoms with Gasteiger partial charge in [0.2, 0.25) is 10.0 Å². The summed E-state index contributed by atoms with van der Waals surface area (Å²) in [6.07, 6.45) is 1.15. The molecule has 100 valence electrons. The van der Waals surface area contributed by atoms with Gasteiger partial charge in [0.1, 0.15) is 0 Å². The van der Waals surface area contributed by atoms with Gasteiger partial charge in [0.05, 0.1) is 18.3 Å². The molecule has 1 rings (SSSR count). The quantitative estimate of drug-likeness (QED) is 0.691. The Morgan fingerprint density at radius 3 is 2.82 bits per heavy atom. The SMILES string of the molecule is CCOCCS(=O)(=O)N1CCC[C@H](C(=O)O)C1. The first-order chi connectivity index (χ1) is 7.97. The molecule has 0 unspecified atom stereocenters. The van der Waals surface area contributed by atoms with Crippen LogP contribution in [0.2, 0.25) is 0 Å². The zero-order chi connectivity index (χ0) is 12.9. The highest BCUT2D eigenvalue weighted by molar-refractivity contribution is 7.89. The first kappa shape index (κ1) is 14.4. The van der Waals surface area contributed by atoms with Crippen molar-refractivity contribution in [1.82, 2.24) is 4.31 Å². The van der Waals surface area contributed by atoms with Gasteiger partial charge in [-0.3, -0.25) is 4.79 Å². The molecule has 1 fully saturated rings. The number of aliphatic carboxylic acids is 1. The van der Waals surface area contributed by atoms with Gasteiger partial charge in [-0.05, 0) is 19.8 Å². The van der Waals surface area contributed by atoms with E-state index in [1.165, 1.54) is 4.31 Å². The van der Waals surface area contributed by atoms with Crippen molar-refractivity contribution in [3.05, 3.63) is 0 Å². The third-order valence-corrected chi connectivity index (χ3v) is 4.62. The number of carbonyl (C=O) groups is 1. The van der Waals surface area contributed by atoms with Crippen LogP contribution in [0.1, 0.15) is 19.8 Å². The molecule has 6 nitrogen and oxygen atoms in total. The van der Waals surface area contributed by atoms with E-state index in [0.717, 1.165) is 0 Å². The number of rotatable bonds is 6. The number of ether oxygens (including phenoxy) is 1. The van der Waals surface area contributed by atoms with E-state index in [4.69, 9.17) is 9.84 Å². The number of hydrogen-bond donors (Lipinski definition) is 1. The summed E-state index contributed by atoms with van der Waals surface area (Å²) in [6, 6.07) is 0. The summed E-state index contributed by atoms with van der Waals surface area (Å²) < 4.78 is 30.0. The van der Waals surface area contributed by atoms with Gasteiger partial charge in [-0.1, -0.05) is 0 Å². The lowest BCUT2D eigenvalue weighted by Gasteiger charge is -2.29. The minimum absolute atomic E-state index is 0.0762. The lowest BCUT2D eigenvalue weighted by molar-refractivity contribution is -0.142. The molecule has 1 saturated heterocycles. The molecule has 17 heavy (non-hydrogen) atoms. The first-order valence-electron chi connectivity index (χ1n) is 5.75. The number of nitrogens with zero attached hydrogens (tertiary/aromatic N) is 1. The smallest absolute Gasteiger partial charge is 0.307 e. The fraction of sp³-hybridized carbons (Fsp3) is 0.900. The van der Waals surface area contributed by atoms with E-state index in [0.29, 0.717) is 26.0 Å². The second kappa shape index (κ2) is 6.32. The normalized spacial score (nSPS) is 22.5. The Balaban J connectivity index is 2.55. The van der Waals surface area contributed by atoms with Crippen LogP contribution in [-0.2, 0) is 19.6 Å². The maximum Gasteiger partial charge on any atom is 0.307 e. The van der Waals surface area contributed by atoms with Crippen molar-refractivity contribution in [3.63, 3.8) is 0 Å². The van der Waals surface area contributed by atoms with Gasteiger partial charge >= 0.3 is 5.97 Å². The summed E-state index contributed by atoms with van der Waals surface area (Å²) in [6.45, 7) is 2.94. The number of piperidine rings is 1. The molecular weight excluding hydrogens is 246 g/mol. The van der Waals surface area contributed by atoms with Crippen LogP contribution in [0.5, 0.6) is 0 Å². The Labute approximate surface area is 102 Å². The average Bonchev–Trinajstić information content (AvgIpc) is 2.29. The average molecular weight is 265 g/mol. The van der Waals surface area contributed by atoms with E-state index >= 15 is 0 Å². The third kappa shape index (κ3) is 4.25. The maximum absolute atomic E-state index is 11.9. The van der Waals surface area contributed by atoms with E-state index in [1.807, 2.05) is 0 Å². The highest BCUT2D eigenvalue weighted by Gasteiger charge is 2.31. The van der Waals surface area contributed by atoms with E-state index in [9.17, 15) is 13.2 Å². The van der Waals surface area contributed by atoms with Crippen molar-refractivity contribution in [1.29, 1.82) is 0 Å².